The summed E-state index contributed by atoms with van der Waals surface area (Å²) in [5, 5.41) is 9.77. The summed E-state index contributed by atoms with van der Waals surface area (Å²) < 4.78 is 23.1. The molecule has 2 atom stereocenters. The number of carboxylic acid groups (broad SMARTS) is 1. The van der Waals surface area contributed by atoms with Gasteiger partial charge >= 0.3 is 17.9 Å². The average Bonchev–Trinajstić information content (AvgIpc) is 3.68. The minimum absolute atomic E-state index is 0.172. The van der Waals surface area contributed by atoms with Crippen molar-refractivity contribution in [2.45, 2.75) is 463 Å². The highest BCUT2D eigenvalue weighted by Gasteiger charge is 2.25. The summed E-state index contributed by atoms with van der Waals surface area (Å²) >= 11 is 0. The molecule has 0 aromatic rings. The second-order valence-electron chi connectivity index (χ2n) is 29.8. The van der Waals surface area contributed by atoms with Crippen LogP contribution in [0.3, 0.4) is 0 Å². The second-order valence-corrected chi connectivity index (χ2v) is 29.8. The highest BCUT2D eigenvalue weighted by Crippen LogP contribution is 2.21. The number of carboxylic acids is 1. The Morgan fingerprint density at radius 3 is 0.703 bits per heavy atom. The van der Waals surface area contributed by atoms with Crippen LogP contribution >= 0.6 is 0 Å². The molecule has 0 fully saturated rings. The van der Waals surface area contributed by atoms with Gasteiger partial charge < -0.3 is 28.5 Å². The van der Waals surface area contributed by atoms with Crippen LogP contribution in [0.2, 0.25) is 0 Å². The van der Waals surface area contributed by atoms with Crippen molar-refractivity contribution in [3.8, 4) is 0 Å². The maximum absolute atomic E-state index is 13.0. The summed E-state index contributed by atoms with van der Waals surface area (Å²) in [7, 11) is 6.01. The highest BCUT2D eigenvalue weighted by molar-refractivity contribution is 5.71. The number of hydrogen-bond donors (Lipinski definition) is 1. The van der Waals surface area contributed by atoms with Crippen LogP contribution in [0.15, 0.2) is 0 Å². The summed E-state index contributed by atoms with van der Waals surface area (Å²) in [5.41, 5.74) is 0. The molecule has 0 saturated carbocycles. The van der Waals surface area contributed by atoms with Gasteiger partial charge in [-0.15, -0.1) is 0 Å². The predicted molar refractivity (Wildman–Crippen MR) is 392 cm³/mol. The lowest BCUT2D eigenvalue weighted by Gasteiger charge is -2.25. The van der Waals surface area contributed by atoms with Crippen LogP contribution in [0, 0.1) is 0 Å². The fourth-order valence-corrected chi connectivity index (χ4v) is 13.1. The summed E-state index contributed by atoms with van der Waals surface area (Å²) in [6.07, 6.45) is 88.5. The second kappa shape index (κ2) is 74.1. The molecule has 542 valence electrons. The van der Waals surface area contributed by atoms with E-state index in [0.717, 1.165) is 38.5 Å². The maximum Gasteiger partial charge on any atom is 0.361 e. The molecular formula is C82H162NO8+. The third kappa shape index (κ3) is 75.5. The largest absolute Gasteiger partial charge is 0.477 e. The zero-order chi connectivity index (χ0) is 66.1. The molecule has 0 amide bonds. The van der Waals surface area contributed by atoms with Crippen molar-refractivity contribution < 1.29 is 42.9 Å². The number of esters is 2. The molecule has 0 rings (SSSR count). The van der Waals surface area contributed by atoms with Crippen LogP contribution in [0.25, 0.3) is 0 Å². The number of aliphatic carboxylic acids is 1. The Hall–Kier alpha value is -1.71. The number of quaternary nitrogens is 1. The third-order valence-electron chi connectivity index (χ3n) is 19.4. The molecule has 0 aliphatic rings. The van der Waals surface area contributed by atoms with E-state index in [1.807, 2.05) is 21.1 Å². The van der Waals surface area contributed by atoms with E-state index in [1.165, 1.54) is 385 Å². The van der Waals surface area contributed by atoms with E-state index in [9.17, 15) is 19.5 Å². The number of hydrogen-bond acceptors (Lipinski definition) is 7. The van der Waals surface area contributed by atoms with Gasteiger partial charge in [0, 0.05) is 12.8 Å². The van der Waals surface area contributed by atoms with E-state index in [-0.39, 0.29) is 38.2 Å². The lowest BCUT2D eigenvalue weighted by molar-refractivity contribution is -0.870. The van der Waals surface area contributed by atoms with E-state index in [0.29, 0.717) is 17.4 Å². The zero-order valence-corrected chi connectivity index (χ0v) is 62.3. The lowest BCUT2D eigenvalue weighted by atomic mass is 10.0. The minimum atomic E-state index is -1.51. The Kier molecular flexibility index (Phi) is 72.7. The molecule has 0 aromatic heterocycles. The van der Waals surface area contributed by atoms with Gasteiger partial charge in [0.2, 0.25) is 0 Å². The molecule has 9 heteroatoms. The number of carbonyl (C=O) groups is 3. The van der Waals surface area contributed by atoms with Gasteiger partial charge in [-0.2, -0.15) is 0 Å². The molecule has 0 radical (unpaired) electrons. The lowest BCUT2D eigenvalue weighted by Crippen LogP contribution is -2.40. The smallest absolute Gasteiger partial charge is 0.361 e. The zero-order valence-electron chi connectivity index (χ0n) is 62.3. The van der Waals surface area contributed by atoms with Crippen LogP contribution in [0.1, 0.15) is 450 Å². The Morgan fingerprint density at radius 2 is 0.495 bits per heavy atom. The normalized spacial score (nSPS) is 12.5. The number of nitrogens with zero attached hydrogens (tertiary/aromatic N) is 1. The Bertz CT molecular complexity index is 1450. The van der Waals surface area contributed by atoms with Crippen LogP contribution in [0.5, 0.6) is 0 Å². The number of carbonyl (C=O) groups excluding carboxylic acids is 2. The first-order valence-electron chi connectivity index (χ1n) is 41.2. The molecule has 0 spiro atoms. The first kappa shape index (κ1) is 89.3. The van der Waals surface area contributed by atoms with Crippen LogP contribution < -0.4 is 0 Å². The summed E-state index contributed by atoms with van der Waals surface area (Å²) in [6, 6.07) is 0. The van der Waals surface area contributed by atoms with Crippen molar-refractivity contribution in [2.75, 3.05) is 47.5 Å². The summed E-state index contributed by atoms with van der Waals surface area (Å²) in [4.78, 5) is 37.7. The fraction of sp³-hybridized carbons (Fsp3) is 0.963. The topological polar surface area (TPSA) is 108 Å². The SMILES string of the molecule is CCCCCCCCCCCCCCCCCCCCCCCCCCCCCCCCCCCCC(=O)OC(COC(=O)CCCCCCCCCCCCCCCCCCCCCCCCCCCCCCCCCC)COC(OCC[N+](C)(C)C)C(=O)O. The molecular weight excluding hydrogens is 1130 g/mol. The number of ether oxygens (including phenoxy) is 4. The summed E-state index contributed by atoms with van der Waals surface area (Å²) in [6.45, 7) is 4.99. The molecule has 9 nitrogen and oxygen atoms in total. The molecule has 0 bridgehead atoms. The molecule has 91 heavy (non-hydrogen) atoms. The van der Waals surface area contributed by atoms with Crippen molar-refractivity contribution in [3.63, 3.8) is 0 Å². The minimum Gasteiger partial charge on any atom is -0.477 e. The Labute approximate surface area is 568 Å². The highest BCUT2D eigenvalue weighted by atomic mass is 16.7. The van der Waals surface area contributed by atoms with Gasteiger partial charge in [0.15, 0.2) is 6.10 Å². The number of unbranched alkanes of at least 4 members (excludes halogenated alkanes) is 64. The van der Waals surface area contributed by atoms with Crippen molar-refractivity contribution in [2.24, 2.45) is 0 Å². The molecule has 0 aliphatic carbocycles. The van der Waals surface area contributed by atoms with Crippen LogP contribution in [-0.2, 0) is 33.3 Å². The predicted octanol–water partition coefficient (Wildman–Crippen LogP) is 26.2. The molecule has 0 saturated heterocycles. The molecule has 1 N–H and O–H groups in total. The first-order valence-corrected chi connectivity index (χ1v) is 41.2. The number of rotatable bonds is 79. The Balaban J connectivity index is 3.93. The maximum atomic E-state index is 13.0. The van der Waals surface area contributed by atoms with Gasteiger partial charge in [-0.3, -0.25) is 9.59 Å². The van der Waals surface area contributed by atoms with Gasteiger partial charge in [0.05, 0.1) is 34.4 Å². The van der Waals surface area contributed by atoms with E-state index < -0.39 is 18.4 Å². The molecule has 0 aliphatic heterocycles. The van der Waals surface area contributed by atoms with Gasteiger partial charge in [0.25, 0.3) is 6.29 Å². The van der Waals surface area contributed by atoms with E-state index in [4.69, 9.17) is 18.9 Å². The van der Waals surface area contributed by atoms with Crippen molar-refractivity contribution >= 4 is 17.9 Å². The fourth-order valence-electron chi connectivity index (χ4n) is 13.1. The summed E-state index contributed by atoms with van der Waals surface area (Å²) in [5.74, 6) is -1.96. The van der Waals surface area contributed by atoms with Gasteiger partial charge in [0.1, 0.15) is 13.2 Å². The first-order chi connectivity index (χ1) is 44.6. The van der Waals surface area contributed by atoms with Crippen molar-refractivity contribution in [3.05, 3.63) is 0 Å². The van der Waals surface area contributed by atoms with E-state index in [1.54, 1.807) is 0 Å². The van der Waals surface area contributed by atoms with E-state index >= 15 is 0 Å². The number of likely N-dealkylation sites (N-methyl/N-ethyl adjacent to an activating group) is 1. The molecule has 0 aromatic carbocycles. The molecule has 0 heterocycles. The van der Waals surface area contributed by atoms with Crippen molar-refractivity contribution in [1.82, 2.24) is 0 Å². The monoisotopic (exact) mass is 1290 g/mol. The van der Waals surface area contributed by atoms with E-state index in [2.05, 4.69) is 13.8 Å². The van der Waals surface area contributed by atoms with Gasteiger partial charge in [-0.05, 0) is 12.8 Å². The van der Waals surface area contributed by atoms with Crippen LogP contribution in [0.4, 0.5) is 0 Å². The quantitative estimate of drug-likeness (QED) is 0.0278. The van der Waals surface area contributed by atoms with Gasteiger partial charge in [-0.25, -0.2) is 4.79 Å². The average molecular weight is 1290 g/mol. The van der Waals surface area contributed by atoms with Crippen LogP contribution in [-0.4, -0.2) is 87.4 Å². The molecule has 2 unspecified atom stereocenters. The third-order valence-corrected chi connectivity index (χ3v) is 19.4. The standard InChI is InChI=1S/C82H161NO8/c1-6-8-10-12-14-16-18-20-22-24-26-28-30-32-34-36-38-40-41-43-45-47-49-51-53-55-57-59-61-63-65-67-69-71-73-80(85)91-78(77-90-82(81(86)87)88-75-74-83(3,4)5)76-89-79(84)72-70-68-66-64-62-60-58-56-54-52-50-48-46-44-42-39-37-35-33-31-29-27-25-23-21-19-17-15-13-11-9-7-2/h78,82H,6-77H2,1-5H3/p+1. The Morgan fingerprint density at radius 1 is 0.286 bits per heavy atom. The van der Waals surface area contributed by atoms with Gasteiger partial charge in [-0.1, -0.05) is 425 Å². The van der Waals surface area contributed by atoms with Crippen molar-refractivity contribution in [1.29, 1.82) is 0 Å².